The summed E-state index contributed by atoms with van der Waals surface area (Å²) in [7, 11) is 0. The third kappa shape index (κ3) is 6.63. The minimum atomic E-state index is -5.13. The summed E-state index contributed by atoms with van der Waals surface area (Å²) >= 11 is 1.16. The van der Waals surface area contributed by atoms with Gasteiger partial charge in [0.15, 0.2) is 5.13 Å². The van der Waals surface area contributed by atoms with Crippen LogP contribution >= 0.6 is 11.3 Å². The van der Waals surface area contributed by atoms with Crippen LogP contribution in [-0.2, 0) is 19.1 Å². The molecule has 1 rings (SSSR count). The van der Waals surface area contributed by atoms with Crippen molar-refractivity contribution >= 4 is 34.3 Å². The van der Waals surface area contributed by atoms with Gasteiger partial charge in [-0.1, -0.05) is 0 Å². The van der Waals surface area contributed by atoms with E-state index in [1.54, 1.807) is 5.38 Å². The SMILES string of the molecule is CCOC(=O)C(CCC(=O)Nc1nccs1)NC(=O)C(F)(F)F. The van der Waals surface area contributed by atoms with Gasteiger partial charge in [-0.3, -0.25) is 9.59 Å². The molecule has 0 aliphatic rings. The molecule has 1 heterocycles. The first-order chi connectivity index (χ1) is 10.7. The highest BCUT2D eigenvalue weighted by Crippen LogP contribution is 2.16. The zero-order valence-corrected chi connectivity index (χ0v) is 12.8. The third-order valence-corrected chi connectivity index (χ3v) is 3.16. The highest BCUT2D eigenvalue weighted by molar-refractivity contribution is 7.13. The standard InChI is InChI=1S/C12H14F3N3O4S/c1-2-22-9(20)7(17-10(21)12(13,14)15)3-4-8(19)18-11-16-5-6-23-11/h5-7H,2-4H2,1H3,(H,17,21)(H,16,18,19). The maximum Gasteiger partial charge on any atom is 0.471 e. The Hall–Kier alpha value is -2.17. The Labute approximate surface area is 133 Å². The molecule has 0 aromatic carbocycles. The Kier molecular flexibility index (Phi) is 6.94. The summed E-state index contributed by atoms with van der Waals surface area (Å²) in [6, 6.07) is -1.56. The number of carbonyl (C=O) groups is 3. The summed E-state index contributed by atoms with van der Waals surface area (Å²) in [5.41, 5.74) is 0. The minimum absolute atomic E-state index is 0.0669. The van der Waals surface area contributed by atoms with Crippen LogP contribution in [0, 0.1) is 0 Å². The number of amides is 2. The molecule has 23 heavy (non-hydrogen) atoms. The molecule has 0 fully saturated rings. The molecular weight excluding hydrogens is 339 g/mol. The van der Waals surface area contributed by atoms with Gasteiger partial charge in [-0.15, -0.1) is 11.3 Å². The van der Waals surface area contributed by atoms with Crippen LogP contribution in [0.5, 0.6) is 0 Å². The first-order valence-electron chi connectivity index (χ1n) is 6.47. The number of carbonyl (C=O) groups excluding carboxylic acids is 3. The quantitative estimate of drug-likeness (QED) is 0.724. The lowest BCUT2D eigenvalue weighted by Gasteiger charge is -2.17. The van der Waals surface area contributed by atoms with Crippen LogP contribution in [0.1, 0.15) is 19.8 Å². The average molecular weight is 353 g/mol. The smallest absolute Gasteiger partial charge is 0.464 e. The van der Waals surface area contributed by atoms with Crippen LogP contribution in [0.2, 0.25) is 0 Å². The number of anilines is 1. The van der Waals surface area contributed by atoms with E-state index in [1.165, 1.54) is 18.4 Å². The molecule has 0 aliphatic heterocycles. The molecule has 0 saturated heterocycles. The van der Waals surface area contributed by atoms with E-state index < -0.39 is 30.0 Å². The van der Waals surface area contributed by atoms with Gasteiger partial charge < -0.3 is 15.4 Å². The topological polar surface area (TPSA) is 97.4 Å². The number of rotatable bonds is 7. The van der Waals surface area contributed by atoms with Gasteiger partial charge in [-0.25, -0.2) is 9.78 Å². The minimum Gasteiger partial charge on any atom is -0.464 e. The lowest BCUT2D eigenvalue weighted by Crippen LogP contribution is -2.47. The molecule has 1 aromatic heterocycles. The lowest BCUT2D eigenvalue weighted by atomic mass is 10.1. The number of nitrogens with zero attached hydrogens (tertiary/aromatic N) is 1. The van der Waals surface area contributed by atoms with E-state index in [4.69, 9.17) is 0 Å². The van der Waals surface area contributed by atoms with Gasteiger partial charge in [0.2, 0.25) is 5.91 Å². The van der Waals surface area contributed by atoms with Gasteiger partial charge in [-0.05, 0) is 13.3 Å². The zero-order chi connectivity index (χ0) is 17.5. The predicted molar refractivity (Wildman–Crippen MR) is 74.6 cm³/mol. The molecule has 0 aliphatic carbocycles. The molecular formula is C12H14F3N3O4S. The van der Waals surface area contributed by atoms with Crippen LogP contribution in [0.3, 0.4) is 0 Å². The van der Waals surface area contributed by atoms with Crippen molar-refractivity contribution in [3.63, 3.8) is 0 Å². The highest BCUT2D eigenvalue weighted by atomic mass is 32.1. The Bertz CT molecular complexity index is 548. The molecule has 2 N–H and O–H groups in total. The summed E-state index contributed by atoms with van der Waals surface area (Å²) in [5.74, 6) is -3.85. The average Bonchev–Trinajstić information content (AvgIpc) is 2.95. The van der Waals surface area contributed by atoms with E-state index in [2.05, 4.69) is 15.0 Å². The van der Waals surface area contributed by atoms with Crippen LogP contribution in [0.25, 0.3) is 0 Å². The zero-order valence-electron chi connectivity index (χ0n) is 12.0. The fraction of sp³-hybridized carbons (Fsp3) is 0.500. The van der Waals surface area contributed by atoms with Crippen molar-refractivity contribution in [2.75, 3.05) is 11.9 Å². The van der Waals surface area contributed by atoms with Crippen molar-refractivity contribution in [3.8, 4) is 0 Å². The lowest BCUT2D eigenvalue weighted by molar-refractivity contribution is -0.176. The largest absolute Gasteiger partial charge is 0.471 e. The second kappa shape index (κ2) is 8.46. The van der Waals surface area contributed by atoms with E-state index >= 15 is 0 Å². The number of alkyl halides is 3. The summed E-state index contributed by atoms with van der Waals surface area (Å²) in [6.45, 7) is 1.40. The summed E-state index contributed by atoms with van der Waals surface area (Å²) in [6.07, 6.45) is -4.29. The molecule has 1 aromatic rings. The number of hydrogen-bond donors (Lipinski definition) is 2. The molecule has 128 valence electrons. The van der Waals surface area contributed by atoms with E-state index in [-0.39, 0.29) is 19.4 Å². The summed E-state index contributed by atoms with van der Waals surface area (Å²) < 4.78 is 41.4. The van der Waals surface area contributed by atoms with E-state index in [1.807, 2.05) is 0 Å². The molecule has 0 radical (unpaired) electrons. The van der Waals surface area contributed by atoms with E-state index in [0.717, 1.165) is 11.3 Å². The number of ether oxygens (including phenoxy) is 1. The molecule has 2 amide bonds. The molecule has 0 spiro atoms. The second-order valence-electron chi connectivity index (χ2n) is 4.20. The number of thiazole rings is 1. The number of esters is 1. The molecule has 11 heteroatoms. The van der Waals surface area contributed by atoms with Gasteiger partial charge in [-0.2, -0.15) is 13.2 Å². The van der Waals surface area contributed by atoms with E-state index in [9.17, 15) is 27.6 Å². The Morgan fingerprint density at radius 1 is 1.39 bits per heavy atom. The number of hydrogen-bond acceptors (Lipinski definition) is 6. The number of nitrogens with one attached hydrogen (secondary N) is 2. The Morgan fingerprint density at radius 2 is 2.09 bits per heavy atom. The third-order valence-electron chi connectivity index (χ3n) is 2.47. The fourth-order valence-corrected chi connectivity index (χ4v) is 2.02. The summed E-state index contributed by atoms with van der Waals surface area (Å²) in [4.78, 5) is 38.0. The Balaban J connectivity index is 2.60. The van der Waals surface area contributed by atoms with Crippen molar-refractivity contribution in [1.82, 2.24) is 10.3 Å². The van der Waals surface area contributed by atoms with Crippen molar-refractivity contribution in [1.29, 1.82) is 0 Å². The molecule has 1 unspecified atom stereocenters. The van der Waals surface area contributed by atoms with Crippen LogP contribution in [-0.4, -0.2) is 41.6 Å². The van der Waals surface area contributed by atoms with E-state index in [0.29, 0.717) is 5.13 Å². The van der Waals surface area contributed by atoms with Gasteiger partial charge in [0.1, 0.15) is 6.04 Å². The molecule has 0 bridgehead atoms. The van der Waals surface area contributed by atoms with Crippen molar-refractivity contribution in [2.45, 2.75) is 32.0 Å². The first kappa shape index (κ1) is 18.9. The van der Waals surface area contributed by atoms with Crippen LogP contribution in [0.4, 0.5) is 18.3 Å². The maximum absolute atomic E-state index is 12.3. The monoisotopic (exact) mass is 353 g/mol. The van der Waals surface area contributed by atoms with Gasteiger partial charge >= 0.3 is 18.1 Å². The summed E-state index contributed by atoms with van der Waals surface area (Å²) in [5, 5.41) is 5.88. The molecule has 1 atom stereocenters. The van der Waals surface area contributed by atoms with Crippen molar-refractivity contribution in [3.05, 3.63) is 11.6 Å². The normalized spacial score (nSPS) is 12.3. The fourth-order valence-electron chi connectivity index (χ4n) is 1.47. The van der Waals surface area contributed by atoms with Gasteiger partial charge in [0, 0.05) is 18.0 Å². The highest BCUT2D eigenvalue weighted by Gasteiger charge is 2.41. The van der Waals surface area contributed by atoms with Crippen LogP contribution in [0.15, 0.2) is 11.6 Å². The second-order valence-corrected chi connectivity index (χ2v) is 5.09. The molecule has 7 nitrogen and oxygen atoms in total. The van der Waals surface area contributed by atoms with Gasteiger partial charge in [0.05, 0.1) is 6.61 Å². The van der Waals surface area contributed by atoms with Crippen LogP contribution < -0.4 is 10.6 Å². The molecule has 0 saturated carbocycles. The number of halogens is 3. The number of aromatic nitrogens is 1. The van der Waals surface area contributed by atoms with Crippen molar-refractivity contribution < 1.29 is 32.3 Å². The Morgan fingerprint density at radius 3 is 2.61 bits per heavy atom. The van der Waals surface area contributed by atoms with Gasteiger partial charge in [0.25, 0.3) is 0 Å². The predicted octanol–water partition coefficient (Wildman–Crippen LogP) is 1.47. The van der Waals surface area contributed by atoms with Crippen molar-refractivity contribution in [2.24, 2.45) is 0 Å². The maximum atomic E-state index is 12.3. The first-order valence-corrected chi connectivity index (χ1v) is 7.35.